The standard InChI is InChI=1S/C27H23ClF6N2O3/c1-14-11-18(8-10-22(14)28)23(27(32,33)34)35-19-6-4-5-16(12-19)17-7-9-20(21(13-17)26(29,30)31)24(37)36(3)15(2)25(38)39/h4-13,15,23,35H,1-3H3,(H,38,39). The van der Waals surface area contributed by atoms with Crippen molar-refractivity contribution in [3.8, 4) is 11.1 Å². The maximum absolute atomic E-state index is 13.9. The van der Waals surface area contributed by atoms with Crippen molar-refractivity contribution in [2.24, 2.45) is 0 Å². The molecule has 3 rings (SSSR count). The second-order valence-corrected chi connectivity index (χ2v) is 9.30. The summed E-state index contributed by atoms with van der Waals surface area (Å²) in [5.74, 6) is -2.54. The molecule has 0 aromatic heterocycles. The van der Waals surface area contributed by atoms with Crippen LogP contribution in [0.4, 0.5) is 32.0 Å². The average molecular weight is 573 g/mol. The summed E-state index contributed by atoms with van der Waals surface area (Å²) in [6.07, 6.45) is -9.68. The lowest BCUT2D eigenvalue weighted by molar-refractivity contribution is -0.144. The molecule has 3 aromatic carbocycles. The number of halogens is 7. The molecule has 0 heterocycles. The number of aryl methyl sites for hydroxylation is 1. The van der Waals surface area contributed by atoms with E-state index in [1.807, 2.05) is 0 Å². The van der Waals surface area contributed by atoms with Crippen molar-refractivity contribution < 1.29 is 41.0 Å². The minimum atomic E-state index is -4.97. The molecule has 5 nitrogen and oxygen atoms in total. The zero-order chi connectivity index (χ0) is 29.3. The Morgan fingerprint density at radius 2 is 1.59 bits per heavy atom. The molecule has 3 aromatic rings. The van der Waals surface area contributed by atoms with Gasteiger partial charge in [-0.25, -0.2) is 4.79 Å². The summed E-state index contributed by atoms with van der Waals surface area (Å²) >= 11 is 5.94. The Kier molecular flexibility index (Phi) is 8.54. The van der Waals surface area contributed by atoms with Gasteiger partial charge in [0.25, 0.3) is 5.91 Å². The molecule has 0 bridgehead atoms. The molecule has 2 N–H and O–H groups in total. The van der Waals surface area contributed by atoms with Crippen molar-refractivity contribution in [2.75, 3.05) is 12.4 Å². The number of carboxylic acid groups (broad SMARTS) is 1. The van der Waals surface area contributed by atoms with Crippen molar-refractivity contribution in [1.29, 1.82) is 0 Å². The molecule has 0 saturated heterocycles. The minimum Gasteiger partial charge on any atom is -0.480 e. The van der Waals surface area contributed by atoms with Crippen molar-refractivity contribution >= 4 is 29.2 Å². The van der Waals surface area contributed by atoms with E-state index in [0.717, 1.165) is 20.0 Å². The van der Waals surface area contributed by atoms with E-state index in [9.17, 15) is 35.9 Å². The largest absolute Gasteiger partial charge is 0.480 e. The number of likely N-dealkylation sites (N-methyl/N-ethyl adjacent to an activating group) is 1. The lowest BCUT2D eigenvalue weighted by atomic mass is 9.97. The van der Waals surface area contributed by atoms with Crippen molar-refractivity contribution in [3.05, 3.63) is 87.9 Å². The zero-order valence-corrected chi connectivity index (χ0v) is 21.5. The van der Waals surface area contributed by atoms with Crippen LogP contribution < -0.4 is 5.32 Å². The molecule has 0 saturated carbocycles. The van der Waals surface area contributed by atoms with Gasteiger partial charge in [0.2, 0.25) is 0 Å². The van der Waals surface area contributed by atoms with E-state index in [1.54, 1.807) is 6.92 Å². The number of hydrogen-bond acceptors (Lipinski definition) is 3. The highest BCUT2D eigenvalue weighted by Crippen LogP contribution is 2.39. The van der Waals surface area contributed by atoms with Gasteiger partial charge in [0.05, 0.1) is 11.1 Å². The van der Waals surface area contributed by atoms with E-state index in [0.29, 0.717) is 21.6 Å². The van der Waals surface area contributed by atoms with E-state index in [2.05, 4.69) is 5.32 Å². The molecule has 0 aliphatic heterocycles. The monoisotopic (exact) mass is 572 g/mol. The number of rotatable bonds is 7. The van der Waals surface area contributed by atoms with E-state index < -0.39 is 47.4 Å². The Balaban J connectivity index is 2.01. The van der Waals surface area contributed by atoms with E-state index in [1.165, 1.54) is 48.5 Å². The lowest BCUT2D eigenvalue weighted by Crippen LogP contribution is -2.40. The van der Waals surface area contributed by atoms with Crippen LogP contribution in [0.25, 0.3) is 11.1 Å². The van der Waals surface area contributed by atoms with Crippen LogP contribution in [0.15, 0.2) is 60.7 Å². The number of alkyl halides is 6. The van der Waals surface area contributed by atoms with E-state index >= 15 is 0 Å². The molecular formula is C27H23ClF6N2O3. The highest BCUT2D eigenvalue weighted by Gasteiger charge is 2.41. The lowest BCUT2D eigenvalue weighted by Gasteiger charge is -2.24. The van der Waals surface area contributed by atoms with Gasteiger partial charge in [0, 0.05) is 17.8 Å². The molecule has 0 aliphatic rings. The average Bonchev–Trinajstić information content (AvgIpc) is 2.86. The molecule has 0 radical (unpaired) electrons. The van der Waals surface area contributed by atoms with Crippen molar-refractivity contribution in [2.45, 2.75) is 38.3 Å². The summed E-state index contributed by atoms with van der Waals surface area (Å²) in [5, 5.41) is 11.8. The molecule has 2 unspecified atom stereocenters. The predicted octanol–water partition coefficient (Wildman–Crippen LogP) is 7.59. The molecule has 0 spiro atoms. The molecule has 12 heteroatoms. The maximum Gasteiger partial charge on any atom is 0.417 e. The van der Waals surface area contributed by atoms with Gasteiger partial charge in [-0.05, 0) is 66.4 Å². The summed E-state index contributed by atoms with van der Waals surface area (Å²) in [5.41, 5.74) is -1.59. The first-order valence-electron chi connectivity index (χ1n) is 11.4. The fraction of sp³-hybridized carbons (Fsp3) is 0.259. The topological polar surface area (TPSA) is 69.6 Å². The first-order chi connectivity index (χ1) is 18.0. The molecule has 2 atom stereocenters. The number of anilines is 1. The summed E-state index contributed by atoms with van der Waals surface area (Å²) in [6, 6.07) is 8.60. The van der Waals surface area contributed by atoms with Gasteiger partial charge in [0.1, 0.15) is 12.1 Å². The SMILES string of the molecule is Cc1cc(C(Nc2cccc(-c3ccc(C(=O)N(C)C(C)C(=O)O)c(C(F)(F)F)c3)c2)C(F)(F)F)ccc1Cl. The van der Waals surface area contributed by atoms with Gasteiger partial charge in [-0.15, -0.1) is 0 Å². The highest BCUT2D eigenvalue weighted by molar-refractivity contribution is 6.31. The second kappa shape index (κ2) is 11.2. The molecule has 0 aliphatic carbocycles. The summed E-state index contributed by atoms with van der Waals surface area (Å²) < 4.78 is 83.6. The Labute approximate surface area is 225 Å². The molecule has 0 fully saturated rings. The number of benzene rings is 3. The smallest absolute Gasteiger partial charge is 0.417 e. The number of carbonyl (C=O) groups is 2. The summed E-state index contributed by atoms with van der Waals surface area (Å²) in [7, 11) is 1.07. The Hall–Kier alpha value is -3.73. The molecule has 1 amide bonds. The maximum atomic E-state index is 13.9. The third-order valence-corrected chi connectivity index (χ3v) is 6.59. The second-order valence-electron chi connectivity index (χ2n) is 8.90. The van der Waals surface area contributed by atoms with Crippen LogP contribution in [0.5, 0.6) is 0 Å². The van der Waals surface area contributed by atoms with Crippen LogP contribution in [-0.4, -0.2) is 41.1 Å². The fourth-order valence-electron chi connectivity index (χ4n) is 3.83. The van der Waals surface area contributed by atoms with Crippen molar-refractivity contribution in [1.82, 2.24) is 4.90 Å². The fourth-order valence-corrected chi connectivity index (χ4v) is 3.95. The van der Waals surface area contributed by atoms with Crippen molar-refractivity contribution in [3.63, 3.8) is 0 Å². The number of carbonyl (C=O) groups excluding carboxylic acids is 1. The number of nitrogens with one attached hydrogen (secondary N) is 1. The van der Waals surface area contributed by atoms with Crippen LogP contribution in [0, 0.1) is 6.92 Å². The van der Waals surface area contributed by atoms with Gasteiger partial charge in [-0.2, -0.15) is 26.3 Å². The van der Waals surface area contributed by atoms with Crippen LogP contribution in [0.2, 0.25) is 5.02 Å². The van der Waals surface area contributed by atoms with Gasteiger partial charge in [-0.1, -0.05) is 41.9 Å². The molecule has 39 heavy (non-hydrogen) atoms. The number of amides is 1. The normalized spacial score (nSPS) is 13.5. The number of hydrogen-bond donors (Lipinski definition) is 2. The summed E-state index contributed by atoms with van der Waals surface area (Å²) in [4.78, 5) is 24.6. The number of carboxylic acids is 1. The third kappa shape index (κ3) is 6.83. The van der Waals surface area contributed by atoms with E-state index in [-0.39, 0.29) is 22.4 Å². The van der Waals surface area contributed by atoms with Crippen LogP contribution in [0.3, 0.4) is 0 Å². The van der Waals surface area contributed by atoms with Gasteiger partial charge in [0.15, 0.2) is 0 Å². The number of nitrogens with zero attached hydrogens (tertiary/aromatic N) is 1. The van der Waals surface area contributed by atoms with E-state index in [4.69, 9.17) is 16.7 Å². The molecule has 208 valence electrons. The zero-order valence-electron chi connectivity index (χ0n) is 20.8. The molecular weight excluding hydrogens is 550 g/mol. The minimum absolute atomic E-state index is 0.00819. The number of aliphatic carboxylic acids is 1. The van der Waals surface area contributed by atoms with Crippen LogP contribution in [0.1, 0.15) is 40.0 Å². The first kappa shape index (κ1) is 29.8. The quantitative estimate of drug-likeness (QED) is 0.286. The van der Waals surface area contributed by atoms with Crippen LogP contribution in [-0.2, 0) is 11.0 Å². The third-order valence-electron chi connectivity index (χ3n) is 6.16. The van der Waals surface area contributed by atoms with Gasteiger partial charge in [-0.3, -0.25) is 4.79 Å². The first-order valence-corrected chi connectivity index (χ1v) is 11.8. The predicted molar refractivity (Wildman–Crippen MR) is 135 cm³/mol. The van der Waals surface area contributed by atoms with Gasteiger partial charge >= 0.3 is 18.3 Å². The van der Waals surface area contributed by atoms with Crippen LogP contribution >= 0.6 is 11.6 Å². The Morgan fingerprint density at radius 1 is 0.949 bits per heavy atom. The highest BCUT2D eigenvalue weighted by atomic mass is 35.5. The summed E-state index contributed by atoms with van der Waals surface area (Å²) in [6.45, 7) is 2.71. The van der Waals surface area contributed by atoms with Gasteiger partial charge < -0.3 is 15.3 Å². The Bertz CT molecular complexity index is 1390. The Morgan fingerprint density at radius 3 is 2.15 bits per heavy atom.